The third-order valence-corrected chi connectivity index (χ3v) is 5.52. The van der Waals surface area contributed by atoms with Gasteiger partial charge in [0.1, 0.15) is 0 Å². The predicted octanol–water partition coefficient (Wildman–Crippen LogP) is 4.85. The van der Waals surface area contributed by atoms with E-state index >= 15 is 0 Å². The van der Waals surface area contributed by atoms with Crippen molar-refractivity contribution in [3.63, 3.8) is 0 Å². The number of nitrogens with one attached hydrogen (secondary N) is 1. The summed E-state index contributed by atoms with van der Waals surface area (Å²) in [7, 11) is 4.24. The second-order valence-electron chi connectivity index (χ2n) is 5.36. The fourth-order valence-corrected chi connectivity index (χ4v) is 3.74. The third-order valence-electron chi connectivity index (χ3n) is 3.99. The van der Waals surface area contributed by atoms with Crippen LogP contribution < -0.4 is 5.32 Å². The van der Waals surface area contributed by atoms with Gasteiger partial charge in [-0.3, -0.25) is 4.90 Å². The Bertz CT molecular complexity index is 541. The molecule has 0 fully saturated rings. The lowest BCUT2D eigenvalue weighted by atomic mass is 10.0. The fourth-order valence-electron chi connectivity index (χ4n) is 2.47. The van der Waals surface area contributed by atoms with Crippen LogP contribution in [0.4, 0.5) is 0 Å². The van der Waals surface area contributed by atoms with Crippen LogP contribution in [0.5, 0.6) is 0 Å². The minimum absolute atomic E-state index is 0.389. The van der Waals surface area contributed by atoms with Crippen molar-refractivity contribution in [2.75, 3.05) is 20.6 Å². The summed E-state index contributed by atoms with van der Waals surface area (Å²) >= 11 is 5.39. The lowest BCUT2D eigenvalue weighted by Crippen LogP contribution is -2.27. The molecule has 0 spiro atoms. The number of nitrogens with zero attached hydrogens (tertiary/aromatic N) is 1. The van der Waals surface area contributed by atoms with Crippen molar-refractivity contribution in [2.24, 2.45) is 0 Å². The molecule has 0 radical (unpaired) electrons. The summed E-state index contributed by atoms with van der Waals surface area (Å²) in [4.78, 5) is 3.86. The molecule has 2 rings (SSSR count). The molecule has 0 saturated carbocycles. The first kappa shape index (κ1) is 16.7. The van der Waals surface area contributed by atoms with Gasteiger partial charge < -0.3 is 5.32 Å². The summed E-state index contributed by atoms with van der Waals surface area (Å²) < 4.78 is 1.14. The van der Waals surface area contributed by atoms with Crippen molar-refractivity contribution in [3.8, 4) is 0 Å². The van der Waals surface area contributed by atoms with E-state index in [1.165, 1.54) is 10.4 Å². The molecule has 0 aliphatic heterocycles. The summed E-state index contributed by atoms with van der Waals surface area (Å²) in [6.07, 6.45) is 1.10. The molecule has 2 unspecified atom stereocenters. The van der Waals surface area contributed by atoms with Crippen LogP contribution in [0.25, 0.3) is 0 Å². The molecule has 114 valence electrons. The second kappa shape index (κ2) is 8.08. The standard InChI is InChI=1S/C17H23BrN2S/c1-13(17-8-5-11-21-17)20(3)10-9-16(19-2)14-6-4-7-15(18)12-14/h4-8,11-13,16,19H,9-10H2,1-3H3. The van der Waals surface area contributed by atoms with Crippen LogP contribution in [-0.2, 0) is 0 Å². The molecule has 0 aliphatic carbocycles. The van der Waals surface area contributed by atoms with E-state index in [0.717, 1.165) is 17.4 Å². The van der Waals surface area contributed by atoms with Gasteiger partial charge in [0.15, 0.2) is 0 Å². The van der Waals surface area contributed by atoms with Crippen molar-refractivity contribution in [2.45, 2.75) is 25.4 Å². The van der Waals surface area contributed by atoms with Gasteiger partial charge in [0.2, 0.25) is 0 Å². The van der Waals surface area contributed by atoms with Crippen LogP contribution in [0.1, 0.15) is 35.9 Å². The van der Waals surface area contributed by atoms with Gasteiger partial charge in [-0.15, -0.1) is 11.3 Å². The van der Waals surface area contributed by atoms with Crippen LogP contribution in [0.15, 0.2) is 46.3 Å². The Labute approximate surface area is 140 Å². The van der Waals surface area contributed by atoms with E-state index in [9.17, 15) is 0 Å². The minimum Gasteiger partial charge on any atom is -0.313 e. The number of rotatable bonds is 7. The Kier molecular flexibility index (Phi) is 6.42. The molecule has 2 atom stereocenters. The highest BCUT2D eigenvalue weighted by Gasteiger charge is 2.15. The predicted molar refractivity (Wildman–Crippen MR) is 95.9 cm³/mol. The maximum atomic E-state index is 3.55. The van der Waals surface area contributed by atoms with E-state index < -0.39 is 0 Å². The van der Waals surface area contributed by atoms with Crippen LogP contribution in [0.3, 0.4) is 0 Å². The normalized spacial score (nSPS) is 14.3. The van der Waals surface area contributed by atoms with E-state index in [0.29, 0.717) is 12.1 Å². The number of halogens is 1. The van der Waals surface area contributed by atoms with Crippen LogP contribution >= 0.6 is 27.3 Å². The van der Waals surface area contributed by atoms with Gasteiger partial charge in [-0.1, -0.05) is 34.1 Å². The van der Waals surface area contributed by atoms with Crippen molar-refractivity contribution >= 4 is 27.3 Å². The number of benzene rings is 1. The average Bonchev–Trinajstić information content (AvgIpc) is 3.01. The van der Waals surface area contributed by atoms with Crippen LogP contribution in [-0.4, -0.2) is 25.5 Å². The number of hydrogen-bond acceptors (Lipinski definition) is 3. The van der Waals surface area contributed by atoms with Gasteiger partial charge in [0.25, 0.3) is 0 Å². The number of thiophene rings is 1. The maximum absolute atomic E-state index is 3.55. The zero-order valence-corrected chi connectivity index (χ0v) is 15.2. The van der Waals surface area contributed by atoms with E-state index in [-0.39, 0.29) is 0 Å². The molecule has 1 aromatic heterocycles. The summed E-state index contributed by atoms with van der Waals surface area (Å²) in [5.74, 6) is 0. The highest BCUT2D eigenvalue weighted by molar-refractivity contribution is 9.10. The molecule has 1 aromatic carbocycles. The summed E-state index contributed by atoms with van der Waals surface area (Å²) in [5, 5.41) is 5.58. The molecule has 21 heavy (non-hydrogen) atoms. The largest absolute Gasteiger partial charge is 0.313 e. The molecule has 0 saturated heterocycles. The molecule has 1 N–H and O–H groups in total. The fraction of sp³-hybridized carbons (Fsp3) is 0.412. The van der Waals surface area contributed by atoms with Crippen molar-refractivity contribution < 1.29 is 0 Å². The zero-order valence-electron chi connectivity index (χ0n) is 12.8. The van der Waals surface area contributed by atoms with Gasteiger partial charge in [0, 0.05) is 28.0 Å². The van der Waals surface area contributed by atoms with Gasteiger partial charge in [-0.05, 0) is 56.6 Å². The Hall–Kier alpha value is -0.680. The topological polar surface area (TPSA) is 15.3 Å². The minimum atomic E-state index is 0.389. The lowest BCUT2D eigenvalue weighted by Gasteiger charge is -2.26. The molecule has 0 aliphatic rings. The molecule has 2 nitrogen and oxygen atoms in total. The van der Waals surface area contributed by atoms with Gasteiger partial charge in [-0.25, -0.2) is 0 Å². The highest BCUT2D eigenvalue weighted by atomic mass is 79.9. The quantitative estimate of drug-likeness (QED) is 0.752. The monoisotopic (exact) mass is 366 g/mol. The first-order valence-corrected chi connectivity index (χ1v) is 8.95. The molecule has 1 heterocycles. The van der Waals surface area contributed by atoms with E-state index in [1.807, 2.05) is 18.4 Å². The molecular formula is C17H23BrN2S. The van der Waals surface area contributed by atoms with Gasteiger partial charge >= 0.3 is 0 Å². The maximum Gasteiger partial charge on any atom is 0.0410 e. The van der Waals surface area contributed by atoms with Crippen LogP contribution in [0, 0.1) is 0 Å². The SMILES string of the molecule is CNC(CCN(C)C(C)c1cccs1)c1cccc(Br)c1. The Morgan fingerprint density at radius 2 is 2.10 bits per heavy atom. The van der Waals surface area contributed by atoms with Crippen molar-refractivity contribution in [3.05, 3.63) is 56.7 Å². The first-order chi connectivity index (χ1) is 10.1. The zero-order chi connectivity index (χ0) is 15.2. The number of hydrogen-bond donors (Lipinski definition) is 1. The Morgan fingerprint density at radius 1 is 1.29 bits per heavy atom. The van der Waals surface area contributed by atoms with Gasteiger partial charge in [-0.2, -0.15) is 0 Å². The summed E-state index contributed by atoms with van der Waals surface area (Å²) in [6.45, 7) is 3.34. The first-order valence-electron chi connectivity index (χ1n) is 7.28. The Morgan fingerprint density at radius 3 is 2.71 bits per heavy atom. The summed E-state index contributed by atoms with van der Waals surface area (Å²) in [5.41, 5.74) is 1.34. The average molecular weight is 367 g/mol. The van der Waals surface area contributed by atoms with Gasteiger partial charge in [0.05, 0.1) is 0 Å². The summed E-state index contributed by atoms with van der Waals surface area (Å²) in [6, 6.07) is 13.8. The smallest absolute Gasteiger partial charge is 0.0410 e. The third kappa shape index (κ3) is 4.65. The van der Waals surface area contributed by atoms with Crippen molar-refractivity contribution in [1.82, 2.24) is 10.2 Å². The van der Waals surface area contributed by atoms with Crippen LogP contribution in [0.2, 0.25) is 0 Å². The molecule has 0 amide bonds. The Balaban J connectivity index is 1.94. The second-order valence-corrected chi connectivity index (χ2v) is 7.25. The van der Waals surface area contributed by atoms with E-state index in [4.69, 9.17) is 0 Å². The molecule has 4 heteroatoms. The van der Waals surface area contributed by atoms with E-state index in [1.54, 1.807) is 0 Å². The molecule has 2 aromatic rings. The molecular weight excluding hydrogens is 344 g/mol. The lowest BCUT2D eigenvalue weighted by molar-refractivity contribution is 0.250. The van der Waals surface area contributed by atoms with Crippen molar-refractivity contribution in [1.29, 1.82) is 0 Å². The highest BCUT2D eigenvalue weighted by Crippen LogP contribution is 2.25. The van der Waals surface area contributed by atoms with E-state index in [2.05, 4.69) is 81.9 Å². The molecule has 0 bridgehead atoms.